The molecule has 0 aliphatic carbocycles. The van der Waals surface area contributed by atoms with Crippen LogP contribution in [0.5, 0.6) is 0 Å². The van der Waals surface area contributed by atoms with Crippen LogP contribution >= 0.6 is 34.8 Å². The van der Waals surface area contributed by atoms with Crippen LogP contribution in [0.1, 0.15) is 30.1 Å². The van der Waals surface area contributed by atoms with Gasteiger partial charge in [-0.15, -0.1) is 0 Å². The number of hydrogen-bond donors (Lipinski definition) is 1. The van der Waals surface area contributed by atoms with E-state index in [1.54, 1.807) is 6.08 Å². The van der Waals surface area contributed by atoms with Crippen LogP contribution in [-0.2, 0) is 9.63 Å². The summed E-state index contributed by atoms with van der Waals surface area (Å²) in [6.45, 7) is 1.71. The molecule has 1 aliphatic rings. The topological polar surface area (TPSA) is 79.2 Å². The fourth-order valence-corrected chi connectivity index (χ4v) is 3.24. The van der Waals surface area contributed by atoms with E-state index in [4.69, 9.17) is 39.6 Å². The first kappa shape index (κ1) is 22.3. The largest absolute Gasteiger partial charge is 0.510 e. The minimum atomic E-state index is -0.474. The molecule has 1 heterocycles. The first-order valence-electron chi connectivity index (χ1n) is 8.53. The third-order valence-corrected chi connectivity index (χ3v) is 4.63. The Bertz CT molecular complexity index is 850. The molecule has 6 nitrogen and oxygen atoms in total. The molecular formula is C19H19Cl3N2O4. The Hall–Kier alpha value is -2.02. The lowest BCUT2D eigenvalue weighted by molar-refractivity contribution is -0.116. The van der Waals surface area contributed by atoms with E-state index in [0.717, 1.165) is 0 Å². The molecule has 150 valence electrons. The van der Waals surface area contributed by atoms with Gasteiger partial charge in [0, 0.05) is 10.6 Å². The summed E-state index contributed by atoms with van der Waals surface area (Å²) in [6.07, 6.45) is 2.68. The Labute approximate surface area is 178 Å². The predicted molar refractivity (Wildman–Crippen MR) is 110 cm³/mol. The maximum absolute atomic E-state index is 12.7. The molecule has 0 saturated carbocycles. The Balaban J connectivity index is 2.25. The molecule has 1 aromatic carbocycles. The van der Waals surface area contributed by atoms with Gasteiger partial charge in [-0.2, -0.15) is 0 Å². The van der Waals surface area contributed by atoms with Crippen LogP contribution in [0.4, 0.5) is 0 Å². The number of aliphatic hydroxyl groups is 1. The number of carbonyl (C=O) groups is 2. The Morgan fingerprint density at radius 2 is 2.11 bits per heavy atom. The van der Waals surface area contributed by atoms with Crippen molar-refractivity contribution in [2.75, 3.05) is 19.7 Å². The number of Topliss-reactive ketones (excluding diaryl/α,β-unsaturated/α-hetero) is 1. The van der Waals surface area contributed by atoms with E-state index in [9.17, 15) is 14.7 Å². The average molecular weight is 446 g/mol. The molecule has 0 spiro atoms. The highest BCUT2D eigenvalue weighted by atomic mass is 35.5. The second-order valence-electron chi connectivity index (χ2n) is 5.98. The molecule has 1 aliphatic heterocycles. The summed E-state index contributed by atoms with van der Waals surface area (Å²) >= 11 is 17.4. The van der Waals surface area contributed by atoms with Crippen molar-refractivity contribution in [2.24, 2.45) is 5.16 Å². The Kier molecular flexibility index (Phi) is 8.35. The lowest BCUT2D eigenvalue weighted by Crippen LogP contribution is -2.43. The van der Waals surface area contributed by atoms with Crippen molar-refractivity contribution in [2.45, 2.75) is 19.8 Å². The number of amides is 1. The summed E-state index contributed by atoms with van der Waals surface area (Å²) in [7, 11) is 0. The van der Waals surface area contributed by atoms with E-state index < -0.39 is 11.7 Å². The van der Waals surface area contributed by atoms with Gasteiger partial charge in [-0.1, -0.05) is 53.3 Å². The lowest BCUT2D eigenvalue weighted by atomic mass is 9.96. The van der Waals surface area contributed by atoms with Crippen molar-refractivity contribution in [3.63, 3.8) is 0 Å². The predicted octanol–water partition coefficient (Wildman–Crippen LogP) is 4.76. The van der Waals surface area contributed by atoms with E-state index in [1.165, 1.54) is 28.6 Å². The van der Waals surface area contributed by atoms with Crippen molar-refractivity contribution in [1.82, 2.24) is 4.90 Å². The van der Waals surface area contributed by atoms with E-state index in [2.05, 4.69) is 5.16 Å². The lowest BCUT2D eigenvalue weighted by Gasteiger charge is -2.28. The summed E-state index contributed by atoms with van der Waals surface area (Å²) in [4.78, 5) is 31.7. The zero-order valence-corrected chi connectivity index (χ0v) is 17.4. The first-order valence-corrected chi connectivity index (χ1v) is 9.72. The zero-order chi connectivity index (χ0) is 20.7. The van der Waals surface area contributed by atoms with E-state index in [-0.39, 0.29) is 41.6 Å². The summed E-state index contributed by atoms with van der Waals surface area (Å²) in [6, 6.07) is 4.46. The molecule has 1 N–H and O–H groups in total. The van der Waals surface area contributed by atoms with Gasteiger partial charge in [0.1, 0.15) is 12.4 Å². The van der Waals surface area contributed by atoms with Gasteiger partial charge in [-0.25, -0.2) is 0 Å². The van der Waals surface area contributed by atoms with Crippen molar-refractivity contribution in [1.29, 1.82) is 0 Å². The molecule has 0 radical (unpaired) electrons. The number of halogens is 3. The molecule has 0 saturated heterocycles. The van der Waals surface area contributed by atoms with Crippen LogP contribution in [0.25, 0.3) is 0 Å². The van der Waals surface area contributed by atoms with Gasteiger partial charge < -0.3 is 14.8 Å². The Morgan fingerprint density at radius 1 is 1.36 bits per heavy atom. The highest BCUT2D eigenvalue weighted by Gasteiger charge is 2.32. The van der Waals surface area contributed by atoms with Gasteiger partial charge in [0.25, 0.3) is 5.91 Å². The van der Waals surface area contributed by atoms with Gasteiger partial charge >= 0.3 is 0 Å². The van der Waals surface area contributed by atoms with Crippen molar-refractivity contribution < 1.29 is 19.5 Å². The third kappa shape index (κ3) is 5.50. The number of rotatable bonds is 7. The molecule has 0 unspecified atom stereocenters. The van der Waals surface area contributed by atoms with Gasteiger partial charge in [0.05, 0.1) is 35.0 Å². The second kappa shape index (κ2) is 10.5. The molecule has 0 atom stereocenters. The minimum absolute atomic E-state index is 0.0861. The van der Waals surface area contributed by atoms with Crippen LogP contribution in [0, 0.1) is 0 Å². The Morgan fingerprint density at radius 3 is 2.71 bits per heavy atom. The van der Waals surface area contributed by atoms with Gasteiger partial charge in [0.15, 0.2) is 5.78 Å². The SMILES string of the molecule is CCCC(=NOCC=CCl)C1=C(O)CN(C(=O)c2ccc(Cl)cc2Cl)CC1=O. The van der Waals surface area contributed by atoms with Crippen LogP contribution < -0.4 is 0 Å². The average Bonchev–Trinajstić information content (AvgIpc) is 2.64. The summed E-state index contributed by atoms with van der Waals surface area (Å²) in [5, 5.41) is 15.0. The molecule has 0 fully saturated rings. The number of oxime groups is 1. The highest BCUT2D eigenvalue weighted by molar-refractivity contribution is 6.36. The van der Waals surface area contributed by atoms with Crippen molar-refractivity contribution in [3.05, 3.63) is 56.8 Å². The molecule has 28 heavy (non-hydrogen) atoms. The highest BCUT2D eigenvalue weighted by Crippen LogP contribution is 2.25. The number of hydrogen-bond acceptors (Lipinski definition) is 5. The van der Waals surface area contributed by atoms with E-state index >= 15 is 0 Å². The monoisotopic (exact) mass is 444 g/mol. The summed E-state index contributed by atoms with van der Waals surface area (Å²) in [5.74, 6) is -1.14. The van der Waals surface area contributed by atoms with Crippen LogP contribution in [0.3, 0.4) is 0 Å². The molecule has 1 amide bonds. The van der Waals surface area contributed by atoms with E-state index in [0.29, 0.717) is 23.6 Å². The zero-order valence-electron chi connectivity index (χ0n) is 15.1. The smallest absolute Gasteiger partial charge is 0.256 e. The van der Waals surface area contributed by atoms with Gasteiger partial charge in [-0.3, -0.25) is 9.59 Å². The maximum Gasteiger partial charge on any atom is 0.256 e. The van der Waals surface area contributed by atoms with Gasteiger partial charge in [-0.05, 0) is 30.7 Å². The minimum Gasteiger partial charge on any atom is -0.510 e. The first-order chi connectivity index (χ1) is 13.4. The number of aliphatic hydroxyl groups excluding tert-OH is 1. The standard InChI is InChI=1S/C19H19Cl3N2O4/c1-2-4-15(23-28-8-3-7-20)18-16(25)10-24(11-17(18)26)19(27)13-6-5-12(21)9-14(13)22/h3,5-7,9,25H,2,4,8,10-11H2,1H3. The number of carbonyl (C=O) groups excluding carboxylic acids is 2. The van der Waals surface area contributed by atoms with Crippen LogP contribution in [-0.4, -0.2) is 47.1 Å². The third-order valence-electron chi connectivity index (χ3n) is 3.90. The summed E-state index contributed by atoms with van der Waals surface area (Å²) < 4.78 is 0. The fourth-order valence-electron chi connectivity index (χ4n) is 2.68. The van der Waals surface area contributed by atoms with Crippen molar-refractivity contribution >= 4 is 52.2 Å². The molecule has 0 aromatic heterocycles. The van der Waals surface area contributed by atoms with Crippen LogP contribution in [0.2, 0.25) is 10.0 Å². The molecule has 1 aromatic rings. The number of ketones is 1. The number of nitrogens with zero attached hydrogens (tertiary/aromatic N) is 2. The maximum atomic E-state index is 12.7. The normalized spacial score (nSPS) is 15.5. The second-order valence-corrected chi connectivity index (χ2v) is 7.07. The van der Waals surface area contributed by atoms with E-state index in [1.807, 2.05) is 6.92 Å². The number of benzene rings is 1. The molecule has 9 heteroatoms. The summed E-state index contributed by atoms with van der Waals surface area (Å²) in [5.41, 5.74) is 1.92. The molecular weight excluding hydrogens is 427 g/mol. The molecule has 0 bridgehead atoms. The van der Waals surface area contributed by atoms with Gasteiger partial charge in [0.2, 0.25) is 0 Å². The quantitative estimate of drug-likeness (QED) is 0.373. The fraction of sp³-hybridized carbons (Fsp3) is 0.316. The van der Waals surface area contributed by atoms with Crippen molar-refractivity contribution in [3.8, 4) is 0 Å². The molecule has 2 rings (SSSR count). The van der Waals surface area contributed by atoms with Crippen LogP contribution in [0.15, 0.2) is 46.3 Å².